The first kappa shape index (κ1) is 20.5. The average molecular weight is 437 g/mol. The van der Waals surface area contributed by atoms with Gasteiger partial charge in [0.25, 0.3) is 0 Å². The van der Waals surface area contributed by atoms with E-state index >= 15 is 0 Å². The third-order valence-corrected chi connectivity index (χ3v) is 4.75. The summed E-state index contributed by atoms with van der Waals surface area (Å²) in [7, 11) is 0. The largest absolute Gasteiger partial charge is 0.339 e. The van der Waals surface area contributed by atoms with E-state index in [-0.39, 0.29) is 17.4 Å². The predicted octanol–water partition coefficient (Wildman–Crippen LogP) is 4.77. The Bertz CT molecular complexity index is 1160. The first-order valence-corrected chi connectivity index (χ1v) is 9.89. The molecule has 0 spiro atoms. The van der Waals surface area contributed by atoms with Crippen molar-refractivity contribution in [3.8, 4) is 5.82 Å². The number of carbonyl (C=O) groups excluding carboxylic acids is 1. The number of hydrogen-bond donors (Lipinski definition) is 2. The highest BCUT2D eigenvalue weighted by Gasteiger charge is 2.06. The van der Waals surface area contributed by atoms with Crippen molar-refractivity contribution in [2.75, 3.05) is 10.6 Å². The van der Waals surface area contributed by atoms with Gasteiger partial charge in [0.1, 0.15) is 5.82 Å². The fourth-order valence-electron chi connectivity index (χ4n) is 2.88. The van der Waals surface area contributed by atoms with E-state index in [4.69, 9.17) is 11.6 Å². The molecule has 2 N–H and O–H groups in total. The van der Waals surface area contributed by atoms with E-state index < -0.39 is 5.82 Å². The van der Waals surface area contributed by atoms with Crippen LogP contribution in [0.3, 0.4) is 0 Å². The minimum absolute atomic E-state index is 0.0571. The van der Waals surface area contributed by atoms with Gasteiger partial charge in [-0.1, -0.05) is 17.7 Å². The highest BCUT2D eigenvalue weighted by molar-refractivity contribution is 6.30. The van der Waals surface area contributed by atoms with Gasteiger partial charge in [0, 0.05) is 30.2 Å². The maximum Gasteiger partial charge on any atom is 0.224 e. The summed E-state index contributed by atoms with van der Waals surface area (Å²) in [5.74, 6) is 0.604. The van der Waals surface area contributed by atoms with Crippen LogP contribution in [0.15, 0.2) is 73.1 Å². The highest BCUT2D eigenvalue weighted by Crippen LogP contribution is 2.19. The molecule has 4 rings (SSSR count). The number of nitrogens with zero attached hydrogens (tertiary/aromatic N) is 4. The van der Waals surface area contributed by atoms with Crippen LogP contribution >= 0.6 is 11.6 Å². The Hall–Kier alpha value is -3.78. The Labute approximate surface area is 182 Å². The molecular formula is C22H18ClFN6O. The highest BCUT2D eigenvalue weighted by atomic mass is 35.5. The molecule has 0 aliphatic carbocycles. The molecule has 0 fully saturated rings. The van der Waals surface area contributed by atoms with Crippen molar-refractivity contribution in [2.24, 2.45) is 0 Å². The zero-order chi connectivity index (χ0) is 21.6. The summed E-state index contributed by atoms with van der Waals surface area (Å²) in [4.78, 5) is 12.2. The van der Waals surface area contributed by atoms with E-state index in [0.29, 0.717) is 23.7 Å². The van der Waals surface area contributed by atoms with Crippen LogP contribution in [0.2, 0.25) is 5.02 Å². The monoisotopic (exact) mass is 436 g/mol. The van der Waals surface area contributed by atoms with E-state index in [1.54, 1.807) is 41.3 Å². The van der Waals surface area contributed by atoms with Crippen molar-refractivity contribution < 1.29 is 9.18 Å². The van der Waals surface area contributed by atoms with Crippen molar-refractivity contribution in [3.63, 3.8) is 0 Å². The average Bonchev–Trinajstić information content (AvgIpc) is 3.31. The number of hydrogen-bond acceptors (Lipinski definition) is 5. The Morgan fingerprint density at radius 3 is 2.52 bits per heavy atom. The van der Waals surface area contributed by atoms with Gasteiger partial charge in [-0.05, 0) is 66.6 Å². The minimum atomic E-state index is -0.469. The molecule has 2 aromatic carbocycles. The second-order valence-corrected chi connectivity index (χ2v) is 7.13. The number of amides is 1. The fraction of sp³-hybridized carbons (Fsp3) is 0.0909. The van der Waals surface area contributed by atoms with E-state index in [0.717, 1.165) is 11.3 Å². The topological polar surface area (TPSA) is 84.7 Å². The molecule has 2 heterocycles. The summed E-state index contributed by atoms with van der Waals surface area (Å²) in [5, 5.41) is 18.4. The van der Waals surface area contributed by atoms with Crippen molar-refractivity contribution in [1.29, 1.82) is 0 Å². The quantitative estimate of drug-likeness (QED) is 0.436. The predicted molar refractivity (Wildman–Crippen MR) is 117 cm³/mol. The van der Waals surface area contributed by atoms with Crippen LogP contribution in [0, 0.1) is 5.82 Å². The molecule has 7 nitrogen and oxygen atoms in total. The summed E-state index contributed by atoms with van der Waals surface area (Å²) in [6.07, 6.45) is 4.20. The van der Waals surface area contributed by atoms with Gasteiger partial charge in [-0.15, -0.1) is 10.2 Å². The van der Waals surface area contributed by atoms with Gasteiger partial charge in [0.15, 0.2) is 11.6 Å². The molecule has 0 aliphatic heterocycles. The van der Waals surface area contributed by atoms with Crippen LogP contribution < -0.4 is 10.6 Å². The minimum Gasteiger partial charge on any atom is -0.339 e. The summed E-state index contributed by atoms with van der Waals surface area (Å²) in [6.45, 7) is 0. The second-order valence-electron chi connectivity index (χ2n) is 6.73. The van der Waals surface area contributed by atoms with Gasteiger partial charge in [0.2, 0.25) is 5.91 Å². The lowest BCUT2D eigenvalue weighted by Gasteiger charge is -2.09. The van der Waals surface area contributed by atoms with Crippen LogP contribution in [-0.4, -0.2) is 25.9 Å². The van der Waals surface area contributed by atoms with Crippen LogP contribution in [0.4, 0.5) is 21.6 Å². The number of nitrogens with one attached hydrogen (secondary N) is 2. The van der Waals surface area contributed by atoms with E-state index in [9.17, 15) is 9.18 Å². The van der Waals surface area contributed by atoms with Gasteiger partial charge < -0.3 is 10.6 Å². The Balaban J connectivity index is 1.29. The summed E-state index contributed by atoms with van der Waals surface area (Å²) in [5.41, 5.74) is 2.29. The molecule has 4 aromatic rings. The number of benzene rings is 2. The molecule has 0 bridgehead atoms. The maximum absolute atomic E-state index is 13.2. The van der Waals surface area contributed by atoms with Gasteiger partial charge in [0.05, 0.1) is 5.02 Å². The van der Waals surface area contributed by atoms with Crippen LogP contribution in [-0.2, 0) is 11.2 Å². The molecule has 0 aliphatic rings. The Morgan fingerprint density at radius 1 is 1.03 bits per heavy atom. The number of anilines is 3. The first-order valence-electron chi connectivity index (χ1n) is 9.51. The fourth-order valence-corrected chi connectivity index (χ4v) is 3.08. The number of halogens is 2. The number of carbonyl (C=O) groups is 1. The zero-order valence-corrected chi connectivity index (χ0v) is 17.1. The van der Waals surface area contributed by atoms with Crippen LogP contribution in [0.25, 0.3) is 5.82 Å². The van der Waals surface area contributed by atoms with Crippen molar-refractivity contribution in [2.45, 2.75) is 12.8 Å². The first-order chi connectivity index (χ1) is 15.1. The lowest BCUT2D eigenvalue weighted by Crippen LogP contribution is -2.12. The zero-order valence-electron chi connectivity index (χ0n) is 16.3. The number of aryl methyl sites for hydroxylation is 1. The molecular weight excluding hydrogens is 419 g/mol. The molecule has 0 saturated heterocycles. The molecule has 0 unspecified atom stereocenters. The van der Waals surface area contributed by atoms with E-state index in [2.05, 4.69) is 25.9 Å². The molecule has 0 atom stereocenters. The molecule has 1 amide bonds. The third-order valence-electron chi connectivity index (χ3n) is 4.46. The Kier molecular flexibility index (Phi) is 6.18. The van der Waals surface area contributed by atoms with Crippen LogP contribution in [0.1, 0.15) is 12.0 Å². The molecule has 0 radical (unpaired) electrons. The van der Waals surface area contributed by atoms with Crippen molar-refractivity contribution in [1.82, 2.24) is 20.0 Å². The Morgan fingerprint density at radius 2 is 1.84 bits per heavy atom. The lowest BCUT2D eigenvalue weighted by molar-refractivity contribution is -0.116. The number of rotatable bonds is 7. The second kappa shape index (κ2) is 9.36. The summed E-state index contributed by atoms with van der Waals surface area (Å²) < 4.78 is 14.8. The molecule has 31 heavy (non-hydrogen) atoms. The summed E-state index contributed by atoms with van der Waals surface area (Å²) >= 11 is 5.77. The molecule has 9 heteroatoms. The van der Waals surface area contributed by atoms with Gasteiger partial charge in [-0.3, -0.25) is 4.79 Å². The van der Waals surface area contributed by atoms with Crippen molar-refractivity contribution >= 4 is 34.7 Å². The normalized spacial score (nSPS) is 10.6. The lowest BCUT2D eigenvalue weighted by atomic mass is 10.1. The van der Waals surface area contributed by atoms with Gasteiger partial charge in [-0.25, -0.2) is 9.07 Å². The van der Waals surface area contributed by atoms with Crippen molar-refractivity contribution in [3.05, 3.63) is 89.5 Å². The van der Waals surface area contributed by atoms with Gasteiger partial charge >= 0.3 is 0 Å². The number of aromatic nitrogens is 4. The third kappa shape index (κ3) is 5.43. The van der Waals surface area contributed by atoms with Crippen LogP contribution in [0.5, 0.6) is 0 Å². The summed E-state index contributed by atoms with van der Waals surface area (Å²) in [6, 6.07) is 17.1. The van der Waals surface area contributed by atoms with E-state index in [1.807, 2.05) is 24.3 Å². The maximum atomic E-state index is 13.2. The molecule has 2 aromatic heterocycles. The van der Waals surface area contributed by atoms with E-state index in [1.165, 1.54) is 12.1 Å². The SMILES string of the molecule is O=C(CCc1ccc(F)c(Cl)c1)Nc1ccc(Nc2ccc(-n3cccn3)nn2)cc1. The molecule has 0 saturated carbocycles. The molecule has 156 valence electrons. The standard InChI is InChI=1S/C22H18ClFN6O/c23-18-14-15(2-8-19(18)24)3-11-22(31)27-17-6-4-16(5-7-17)26-20-9-10-21(29-28-20)30-13-1-12-25-30/h1-2,4-10,12-14H,3,11H2,(H,26,28)(H,27,31). The smallest absolute Gasteiger partial charge is 0.224 e. The van der Waals surface area contributed by atoms with Gasteiger partial charge in [-0.2, -0.15) is 5.10 Å².